The maximum atomic E-state index is 7.29. The summed E-state index contributed by atoms with van der Waals surface area (Å²) in [6, 6.07) is 58.3. The molecule has 0 aliphatic heterocycles. The number of para-hydroxylation sites is 1. The highest BCUT2D eigenvalue weighted by molar-refractivity contribution is 6.11. The first-order valence-electron chi connectivity index (χ1n) is 19.6. The highest BCUT2D eigenvalue weighted by Gasteiger charge is 2.28. The minimum atomic E-state index is -0.206. The Labute approximate surface area is 327 Å². The number of nitrogens with zero attached hydrogens (tertiary/aromatic N) is 1. The van der Waals surface area contributed by atoms with Crippen molar-refractivity contribution in [3.63, 3.8) is 0 Å². The Hall–Kier alpha value is -6.68. The first kappa shape index (κ1) is 33.9. The standard InChI is InChI=1S/C53H42N2O/c1-35(43-18-9-8-17-40(43)28-25-36-23-26-39(27-24-36)37-13-4-2-5-14-37)53(54)47-20-12-22-50-52(47)46-32-30-42(34-51(46)56-50)55-48-21-11-10-19-44(48)45-31-29-41(33-49(45)55)38-15-6-3-7-16-38/h2-24,26-35,43,53H,25,54H2,1H3/b40-28-/t35-,43?,53?/m1/s1. The average molecular weight is 723 g/mol. The van der Waals surface area contributed by atoms with Crippen molar-refractivity contribution in [1.82, 2.24) is 4.57 Å². The second kappa shape index (κ2) is 14.2. The van der Waals surface area contributed by atoms with E-state index in [4.69, 9.17) is 10.2 Å². The van der Waals surface area contributed by atoms with Crippen molar-refractivity contribution in [2.24, 2.45) is 17.6 Å². The Morgan fingerprint density at radius 1 is 0.607 bits per heavy atom. The molecular formula is C53H42N2O. The molecule has 2 N–H and O–H groups in total. The molecule has 3 heteroatoms. The van der Waals surface area contributed by atoms with Gasteiger partial charge in [-0.25, -0.2) is 0 Å². The number of hydrogen-bond acceptors (Lipinski definition) is 2. The van der Waals surface area contributed by atoms with Gasteiger partial charge >= 0.3 is 0 Å². The third-order valence-corrected chi connectivity index (χ3v) is 11.8. The predicted octanol–water partition coefficient (Wildman–Crippen LogP) is 13.6. The summed E-state index contributed by atoms with van der Waals surface area (Å²) in [7, 11) is 0. The number of aromatic nitrogens is 1. The van der Waals surface area contributed by atoms with Crippen molar-refractivity contribution in [2.45, 2.75) is 19.4 Å². The van der Waals surface area contributed by atoms with E-state index < -0.39 is 0 Å². The summed E-state index contributed by atoms with van der Waals surface area (Å²) in [5, 5.41) is 4.64. The number of rotatable bonds is 8. The minimum Gasteiger partial charge on any atom is -0.456 e. The van der Waals surface area contributed by atoms with E-state index in [1.807, 2.05) is 0 Å². The van der Waals surface area contributed by atoms with Gasteiger partial charge in [0.05, 0.1) is 11.0 Å². The van der Waals surface area contributed by atoms with E-state index in [0.717, 1.165) is 39.6 Å². The first-order valence-corrected chi connectivity index (χ1v) is 19.6. The van der Waals surface area contributed by atoms with Crippen LogP contribution in [-0.2, 0) is 6.42 Å². The smallest absolute Gasteiger partial charge is 0.137 e. The normalized spacial score (nSPS) is 16.0. The molecule has 0 bridgehead atoms. The SMILES string of the molecule is C[C@H](C1C=CC=C/C1=C/Cc1ccc(-c2ccccc2)cc1)C(N)c1cccc2oc3cc(-n4c5ccccc5c5ccc(-c6ccccc6)cc54)ccc3c12. The third-order valence-electron chi connectivity index (χ3n) is 11.8. The monoisotopic (exact) mass is 722 g/mol. The van der Waals surface area contributed by atoms with Crippen LogP contribution in [0.5, 0.6) is 0 Å². The fourth-order valence-electron chi connectivity index (χ4n) is 8.78. The molecule has 1 aliphatic rings. The Kier molecular flexibility index (Phi) is 8.58. The molecule has 2 unspecified atom stereocenters. The van der Waals surface area contributed by atoms with E-state index in [1.165, 1.54) is 55.2 Å². The molecule has 2 heterocycles. The van der Waals surface area contributed by atoms with E-state index in [1.54, 1.807) is 0 Å². The van der Waals surface area contributed by atoms with Crippen LogP contribution >= 0.6 is 0 Å². The quantitative estimate of drug-likeness (QED) is 0.170. The van der Waals surface area contributed by atoms with E-state index >= 15 is 0 Å². The van der Waals surface area contributed by atoms with Crippen molar-refractivity contribution in [2.75, 3.05) is 0 Å². The van der Waals surface area contributed by atoms with Crippen molar-refractivity contribution < 1.29 is 4.42 Å². The molecular weight excluding hydrogens is 681 g/mol. The molecule has 3 atom stereocenters. The maximum absolute atomic E-state index is 7.29. The summed E-state index contributed by atoms with van der Waals surface area (Å²) < 4.78 is 9.03. The Balaban J connectivity index is 0.979. The van der Waals surface area contributed by atoms with Gasteiger partial charge in [-0.15, -0.1) is 0 Å². The Bertz CT molecular complexity index is 2960. The lowest BCUT2D eigenvalue weighted by atomic mass is 9.77. The van der Waals surface area contributed by atoms with Gasteiger partial charge < -0.3 is 14.7 Å². The molecule has 56 heavy (non-hydrogen) atoms. The molecule has 0 radical (unpaired) electrons. The molecule has 0 amide bonds. The van der Waals surface area contributed by atoms with Crippen molar-refractivity contribution >= 4 is 43.7 Å². The fraction of sp³-hybridized carbons (Fsp3) is 0.0943. The second-order valence-corrected chi connectivity index (χ2v) is 15.1. The topological polar surface area (TPSA) is 44.1 Å². The van der Waals surface area contributed by atoms with Crippen LogP contribution in [0.2, 0.25) is 0 Å². The van der Waals surface area contributed by atoms with Gasteiger partial charge in [0, 0.05) is 45.3 Å². The minimum absolute atomic E-state index is 0.147. The van der Waals surface area contributed by atoms with Crippen LogP contribution < -0.4 is 5.73 Å². The van der Waals surface area contributed by atoms with E-state index in [0.29, 0.717) is 0 Å². The van der Waals surface area contributed by atoms with Crippen LogP contribution in [0.15, 0.2) is 204 Å². The van der Waals surface area contributed by atoms with E-state index in [-0.39, 0.29) is 17.9 Å². The van der Waals surface area contributed by atoms with Gasteiger partial charge in [-0.05, 0) is 81.6 Å². The van der Waals surface area contributed by atoms with Gasteiger partial charge in [-0.2, -0.15) is 0 Å². The number of benzene rings is 7. The number of hydrogen-bond donors (Lipinski definition) is 1. The summed E-state index contributed by atoms with van der Waals surface area (Å²) >= 11 is 0. The molecule has 7 aromatic carbocycles. The summed E-state index contributed by atoms with van der Waals surface area (Å²) in [6.07, 6.45) is 12.1. The van der Waals surface area contributed by atoms with Crippen LogP contribution in [0.3, 0.4) is 0 Å². The van der Waals surface area contributed by atoms with Gasteiger partial charge in [0.25, 0.3) is 0 Å². The van der Waals surface area contributed by atoms with Crippen molar-refractivity contribution in [1.29, 1.82) is 0 Å². The van der Waals surface area contributed by atoms with E-state index in [9.17, 15) is 0 Å². The molecule has 3 nitrogen and oxygen atoms in total. The van der Waals surface area contributed by atoms with Crippen LogP contribution in [0.25, 0.3) is 71.7 Å². The highest BCUT2D eigenvalue weighted by Crippen LogP contribution is 2.41. The fourth-order valence-corrected chi connectivity index (χ4v) is 8.78. The van der Waals surface area contributed by atoms with Crippen molar-refractivity contribution in [3.8, 4) is 27.9 Å². The molecule has 1 aliphatic carbocycles. The molecule has 2 aromatic heterocycles. The highest BCUT2D eigenvalue weighted by atomic mass is 16.3. The summed E-state index contributed by atoms with van der Waals surface area (Å²) in [6.45, 7) is 2.28. The molecule has 270 valence electrons. The molecule has 0 fully saturated rings. The van der Waals surface area contributed by atoms with Gasteiger partial charge in [-0.1, -0.05) is 165 Å². The summed E-state index contributed by atoms with van der Waals surface area (Å²) in [5.41, 5.74) is 21.0. The number of furan rings is 1. The van der Waals surface area contributed by atoms with Crippen LogP contribution in [0.4, 0.5) is 0 Å². The summed E-state index contributed by atoms with van der Waals surface area (Å²) in [4.78, 5) is 0. The zero-order valence-corrected chi connectivity index (χ0v) is 31.3. The number of fused-ring (bicyclic) bond motifs is 6. The molecule has 0 spiro atoms. The zero-order chi connectivity index (χ0) is 37.6. The third kappa shape index (κ3) is 5.98. The summed E-state index contributed by atoms with van der Waals surface area (Å²) in [5.74, 6) is 0.337. The molecule has 9 aromatic rings. The Morgan fingerprint density at radius 2 is 1.29 bits per heavy atom. The molecule has 0 saturated heterocycles. The zero-order valence-electron chi connectivity index (χ0n) is 31.3. The van der Waals surface area contributed by atoms with Gasteiger partial charge in [0.15, 0.2) is 0 Å². The maximum Gasteiger partial charge on any atom is 0.137 e. The lowest BCUT2D eigenvalue weighted by Gasteiger charge is -2.30. The van der Waals surface area contributed by atoms with Gasteiger partial charge in [0.2, 0.25) is 0 Å². The van der Waals surface area contributed by atoms with Crippen LogP contribution in [0.1, 0.15) is 24.1 Å². The molecule has 10 rings (SSSR count). The first-order chi connectivity index (χ1) is 27.6. The van der Waals surface area contributed by atoms with Crippen LogP contribution in [-0.4, -0.2) is 4.57 Å². The average Bonchev–Trinajstić information content (AvgIpc) is 3.81. The number of nitrogens with two attached hydrogens (primary N) is 1. The van der Waals surface area contributed by atoms with Gasteiger partial charge in [-0.3, -0.25) is 0 Å². The number of allylic oxidation sites excluding steroid dienone is 6. The van der Waals surface area contributed by atoms with Gasteiger partial charge in [0.1, 0.15) is 11.2 Å². The van der Waals surface area contributed by atoms with E-state index in [2.05, 4.69) is 206 Å². The van der Waals surface area contributed by atoms with Crippen molar-refractivity contribution in [3.05, 3.63) is 211 Å². The van der Waals surface area contributed by atoms with Crippen LogP contribution in [0, 0.1) is 11.8 Å². The molecule has 0 saturated carbocycles. The Morgan fingerprint density at radius 3 is 2.09 bits per heavy atom. The lowest BCUT2D eigenvalue weighted by Crippen LogP contribution is -2.26. The predicted molar refractivity (Wildman–Crippen MR) is 235 cm³/mol. The second-order valence-electron chi connectivity index (χ2n) is 15.1. The lowest BCUT2D eigenvalue weighted by molar-refractivity contribution is 0.401. The largest absolute Gasteiger partial charge is 0.456 e.